The van der Waals surface area contributed by atoms with Gasteiger partial charge in [0.15, 0.2) is 0 Å². The van der Waals surface area contributed by atoms with Gasteiger partial charge in [-0.1, -0.05) is 0 Å². The molecule has 6 nitrogen and oxygen atoms in total. The maximum atomic E-state index is 11.3. The molecule has 0 aromatic heterocycles. The fourth-order valence-electron chi connectivity index (χ4n) is 0.872. The molecule has 0 aromatic carbocycles. The number of ketones is 1. The molecule has 0 aromatic rings. The van der Waals surface area contributed by atoms with Gasteiger partial charge in [-0.2, -0.15) is 0 Å². The van der Waals surface area contributed by atoms with Crippen molar-refractivity contribution in [2.45, 2.75) is 6.42 Å². The molecule has 0 aliphatic carbocycles. The highest BCUT2D eigenvalue weighted by atomic mass is 16.3. The second-order valence-corrected chi connectivity index (χ2v) is 3.34. The molecule has 86 valence electrons. The quantitative estimate of drug-likeness (QED) is 0.447. The third-order valence-corrected chi connectivity index (χ3v) is 1.82. The number of rotatable bonds is 5. The van der Waals surface area contributed by atoms with Crippen molar-refractivity contribution in [1.29, 1.82) is 0 Å². The fourth-order valence-corrected chi connectivity index (χ4v) is 0.872. The highest BCUT2D eigenvalue weighted by molar-refractivity contribution is 6.39. The van der Waals surface area contributed by atoms with Crippen molar-refractivity contribution in [1.82, 2.24) is 9.80 Å². The van der Waals surface area contributed by atoms with E-state index < -0.39 is 24.0 Å². The van der Waals surface area contributed by atoms with Crippen LogP contribution in [-0.4, -0.2) is 66.8 Å². The largest absolute Gasteiger partial charge is 0.395 e. The van der Waals surface area contributed by atoms with Crippen LogP contribution in [0.1, 0.15) is 6.42 Å². The van der Waals surface area contributed by atoms with Gasteiger partial charge in [0.05, 0.1) is 13.0 Å². The molecule has 0 aliphatic heterocycles. The molecule has 0 rings (SSSR count). The van der Waals surface area contributed by atoms with E-state index in [4.69, 9.17) is 5.11 Å². The first-order chi connectivity index (χ1) is 6.90. The molecule has 1 N–H and O–H groups in total. The van der Waals surface area contributed by atoms with Gasteiger partial charge in [0.1, 0.15) is 0 Å². The summed E-state index contributed by atoms with van der Waals surface area (Å²) >= 11 is 0. The maximum Gasteiger partial charge on any atom is 0.289 e. The third-order valence-electron chi connectivity index (χ3n) is 1.82. The summed E-state index contributed by atoms with van der Waals surface area (Å²) in [7, 11) is 4.36. The number of carbonyl (C=O) groups is 3. The second kappa shape index (κ2) is 6.13. The van der Waals surface area contributed by atoms with Crippen molar-refractivity contribution < 1.29 is 19.5 Å². The van der Waals surface area contributed by atoms with Gasteiger partial charge in [0, 0.05) is 27.7 Å². The van der Waals surface area contributed by atoms with Crippen LogP contribution in [0.3, 0.4) is 0 Å². The third kappa shape index (κ3) is 4.55. The van der Waals surface area contributed by atoms with Crippen molar-refractivity contribution >= 4 is 17.6 Å². The molecule has 0 radical (unpaired) electrons. The molecular formula is C9H16N2O4. The van der Waals surface area contributed by atoms with E-state index in [2.05, 4.69) is 0 Å². The number of likely N-dealkylation sites (N-methyl/N-ethyl adjacent to an activating group) is 2. The Bertz CT molecular complexity index is 263. The molecule has 0 spiro atoms. The lowest BCUT2D eigenvalue weighted by molar-refractivity contribution is -0.146. The Labute approximate surface area is 88.5 Å². The van der Waals surface area contributed by atoms with Crippen LogP contribution in [0.15, 0.2) is 0 Å². The van der Waals surface area contributed by atoms with Crippen molar-refractivity contribution in [3.05, 3.63) is 0 Å². The predicted octanol–water partition coefficient (Wildman–Crippen LogP) is -1.52. The Balaban J connectivity index is 4.18. The Morgan fingerprint density at radius 2 is 1.67 bits per heavy atom. The summed E-state index contributed by atoms with van der Waals surface area (Å²) in [6.45, 7) is -0.0136. The molecule has 0 unspecified atom stereocenters. The Hall–Kier alpha value is -1.43. The Morgan fingerprint density at radius 1 is 1.13 bits per heavy atom. The summed E-state index contributed by atoms with van der Waals surface area (Å²) in [5.41, 5.74) is 0. The van der Waals surface area contributed by atoms with Crippen molar-refractivity contribution in [2.24, 2.45) is 0 Å². The minimum atomic E-state index is -0.741. The van der Waals surface area contributed by atoms with Gasteiger partial charge in [0.25, 0.3) is 5.91 Å². The molecule has 0 saturated carbocycles. The van der Waals surface area contributed by atoms with Gasteiger partial charge in [-0.25, -0.2) is 0 Å². The topological polar surface area (TPSA) is 77.9 Å². The smallest absolute Gasteiger partial charge is 0.289 e. The van der Waals surface area contributed by atoms with E-state index in [-0.39, 0.29) is 13.2 Å². The van der Waals surface area contributed by atoms with E-state index in [1.54, 1.807) is 0 Å². The van der Waals surface area contributed by atoms with Crippen LogP contribution in [0.2, 0.25) is 0 Å². The summed E-state index contributed by atoms with van der Waals surface area (Å²) in [6.07, 6.45) is -0.451. The molecule has 15 heavy (non-hydrogen) atoms. The van der Waals surface area contributed by atoms with Crippen molar-refractivity contribution in [2.75, 3.05) is 34.3 Å². The molecule has 0 aliphatic rings. The molecule has 0 atom stereocenters. The van der Waals surface area contributed by atoms with E-state index in [0.29, 0.717) is 0 Å². The van der Waals surface area contributed by atoms with Gasteiger partial charge >= 0.3 is 0 Å². The normalized spacial score (nSPS) is 9.60. The maximum absolute atomic E-state index is 11.3. The Kier molecular flexibility index (Phi) is 5.54. The van der Waals surface area contributed by atoms with E-state index in [9.17, 15) is 14.4 Å². The summed E-state index contributed by atoms with van der Waals surface area (Å²) < 4.78 is 0. The van der Waals surface area contributed by atoms with E-state index in [1.165, 1.54) is 26.0 Å². The lowest BCUT2D eigenvalue weighted by Crippen LogP contribution is -2.36. The number of hydrogen-bond donors (Lipinski definition) is 1. The van der Waals surface area contributed by atoms with Gasteiger partial charge in [-0.15, -0.1) is 0 Å². The van der Waals surface area contributed by atoms with Crippen molar-refractivity contribution in [3.63, 3.8) is 0 Å². The standard InChI is InChI=1S/C9H16N2O4/c1-10(2)9(15)7(13)6-8(14)11(3)4-5-12/h12H,4-6H2,1-3H3. The van der Waals surface area contributed by atoms with Gasteiger partial charge in [-0.05, 0) is 0 Å². The van der Waals surface area contributed by atoms with Gasteiger partial charge < -0.3 is 14.9 Å². The second-order valence-electron chi connectivity index (χ2n) is 3.34. The summed E-state index contributed by atoms with van der Waals surface area (Å²) in [4.78, 5) is 35.9. The number of Topliss-reactive ketones (excluding diaryl/α,β-unsaturated/α-hetero) is 1. The molecule has 0 fully saturated rings. The summed E-state index contributed by atoms with van der Waals surface area (Å²) in [5.74, 6) is -1.90. The molecule has 2 amide bonds. The average Bonchev–Trinajstić information content (AvgIpc) is 2.16. The lowest BCUT2D eigenvalue weighted by atomic mass is 10.2. The van der Waals surface area contributed by atoms with Crippen LogP contribution in [0.25, 0.3) is 0 Å². The SMILES string of the molecule is CN(C)C(=O)C(=O)CC(=O)N(C)CCO. The monoisotopic (exact) mass is 216 g/mol. The number of nitrogens with zero attached hydrogens (tertiary/aromatic N) is 2. The van der Waals surface area contributed by atoms with Crippen LogP contribution in [0, 0.1) is 0 Å². The molecule has 6 heteroatoms. The molecule has 0 bridgehead atoms. The zero-order chi connectivity index (χ0) is 12.0. The average molecular weight is 216 g/mol. The lowest BCUT2D eigenvalue weighted by Gasteiger charge is -2.15. The zero-order valence-electron chi connectivity index (χ0n) is 9.19. The molecule has 0 saturated heterocycles. The minimum Gasteiger partial charge on any atom is -0.395 e. The Morgan fingerprint density at radius 3 is 2.07 bits per heavy atom. The van der Waals surface area contributed by atoms with Gasteiger partial charge in [-0.3, -0.25) is 14.4 Å². The van der Waals surface area contributed by atoms with E-state index in [0.717, 1.165) is 4.90 Å². The number of carbonyl (C=O) groups excluding carboxylic acids is 3. The van der Waals surface area contributed by atoms with Gasteiger partial charge in [0.2, 0.25) is 11.7 Å². The first-order valence-corrected chi connectivity index (χ1v) is 4.49. The number of aliphatic hydroxyl groups is 1. The van der Waals surface area contributed by atoms with Crippen molar-refractivity contribution in [3.8, 4) is 0 Å². The number of aliphatic hydroxyl groups excluding tert-OH is 1. The first-order valence-electron chi connectivity index (χ1n) is 4.49. The van der Waals surface area contributed by atoms with E-state index >= 15 is 0 Å². The first kappa shape index (κ1) is 13.6. The van der Waals surface area contributed by atoms with Crippen LogP contribution in [-0.2, 0) is 14.4 Å². The number of hydrogen-bond acceptors (Lipinski definition) is 4. The van der Waals surface area contributed by atoms with Crippen LogP contribution >= 0.6 is 0 Å². The highest BCUT2D eigenvalue weighted by Crippen LogP contribution is 1.94. The molecular weight excluding hydrogens is 200 g/mol. The number of amides is 2. The highest BCUT2D eigenvalue weighted by Gasteiger charge is 2.21. The minimum absolute atomic E-state index is 0.155. The van der Waals surface area contributed by atoms with Crippen LogP contribution in [0.5, 0.6) is 0 Å². The van der Waals surface area contributed by atoms with Crippen LogP contribution in [0.4, 0.5) is 0 Å². The van der Waals surface area contributed by atoms with Crippen LogP contribution < -0.4 is 0 Å². The fraction of sp³-hybridized carbons (Fsp3) is 0.667. The summed E-state index contributed by atoms with van der Waals surface area (Å²) in [6, 6.07) is 0. The predicted molar refractivity (Wildman–Crippen MR) is 53.0 cm³/mol. The van der Waals surface area contributed by atoms with E-state index in [1.807, 2.05) is 0 Å². The zero-order valence-corrected chi connectivity index (χ0v) is 9.19. The summed E-state index contributed by atoms with van der Waals surface area (Å²) in [5, 5.41) is 8.56. The molecule has 0 heterocycles.